The highest BCUT2D eigenvalue weighted by molar-refractivity contribution is 5.97. The van der Waals surface area contributed by atoms with Crippen molar-refractivity contribution in [2.75, 3.05) is 180 Å². The van der Waals surface area contributed by atoms with Crippen molar-refractivity contribution in [1.29, 1.82) is 10.5 Å². The molecular formula is C100H129F3N24O7. The van der Waals surface area contributed by atoms with Gasteiger partial charge in [0.2, 0.25) is 23.7 Å². The predicted octanol–water partition coefficient (Wildman–Crippen LogP) is 13.4. The molecule has 31 nitrogen and oxygen atoms in total. The zero-order chi connectivity index (χ0) is 94.9. The summed E-state index contributed by atoms with van der Waals surface area (Å²) in [6.45, 7) is 8.71. The fourth-order valence-corrected chi connectivity index (χ4v) is 22.5. The van der Waals surface area contributed by atoms with E-state index in [1.807, 2.05) is 58.2 Å². The standard InChI is InChI=1S/C26H32F3N5O2.C25H35N7O.C25H32N6O2.C24H30N6O2/c1-32(2)25(19-7-4-3-5-8-19)13-11-23(12-14-25)17-33(20-15-30-21(31-16-20)26(27,28)29)22(35)34(23)18-24(36)9-6-10-24;1-29(2)25(20-7-5-4-6-8-20)11-9-24(10-12-25)19-32(23(33)28-24)21-17-26-22(27-18-21)31-15-13-30(3)14-16-31;1-29(2)25(21-8-5-4-6-9-21)12-10-24(11-13-25)19-30(22-27-17-20(16-26)18-28-22)23(32)31(24)14-7-15-33-3;1-26-24(20-7-4-3-5-8-20)11-9-23(10-12-24)18-29(21-27-16-19(15-25)17-28-21)22(31)30(23)13-6-14-32-2/h3-5,7-8,15-16,36H,6,9-14,17-18H2,1-2H3;4-8,17-18H,9-16,19H2,1-3H3,(H,28,33);4-6,8-9,17-18H,7,10-15,19H2,1-3H3;3-5,7-8,16-17,26H,6,9-14,18H2,1-2H3. The number of halogens is 3. The second-order valence-corrected chi connectivity index (χ2v) is 38.9. The van der Waals surface area contributed by atoms with Gasteiger partial charge in [0.05, 0.1) is 133 Å². The molecule has 10 aliphatic rings. The second-order valence-electron chi connectivity index (χ2n) is 38.9. The van der Waals surface area contributed by atoms with Crippen molar-refractivity contribution in [2.45, 2.75) is 191 Å². The Morgan fingerprint density at radius 1 is 0.448 bits per heavy atom. The minimum Gasteiger partial charge on any atom is -0.388 e. The summed E-state index contributed by atoms with van der Waals surface area (Å²) in [4.78, 5) is 111. The van der Waals surface area contributed by atoms with E-state index in [4.69, 9.17) is 20.0 Å². The molecule has 8 aromatic rings. The predicted molar refractivity (Wildman–Crippen MR) is 506 cm³/mol. The first kappa shape index (κ1) is 97.1. The maximum absolute atomic E-state index is 13.7. The van der Waals surface area contributed by atoms with Gasteiger partial charge in [-0.25, -0.2) is 59.0 Å². The van der Waals surface area contributed by atoms with Gasteiger partial charge in [-0.15, -0.1) is 0 Å². The maximum Gasteiger partial charge on any atom is 0.451 e. The number of alkyl halides is 3. The molecule has 0 bridgehead atoms. The summed E-state index contributed by atoms with van der Waals surface area (Å²) in [6, 6.07) is 46.0. The minimum absolute atomic E-state index is 0.0118. The molecule has 4 spiro atoms. The molecule has 0 radical (unpaired) electrons. The molecule has 0 unspecified atom stereocenters. The molecule has 4 aromatic carbocycles. The maximum atomic E-state index is 13.7. The Morgan fingerprint density at radius 2 is 0.806 bits per heavy atom. The molecule has 9 heterocycles. The van der Waals surface area contributed by atoms with Crippen LogP contribution in [0.4, 0.5) is 61.6 Å². The lowest BCUT2D eigenvalue weighted by Gasteiger charge is -2.52. The quantitative estimate of drug-likeness (QED) is 0.0501. The third kappa shape index (κ3) is 19.7. The molecule has 4 aromatic heterocycles. The number of carbonyl (C=O) groups excluding carboxylic acids is 4. The van der Waals surface area contributed by atoms with Gasteiger partial charge in [-0.1, -0.05) is 121 Å². The number of urea groups is 4. The average Bonchev–Trinajstić information content (AvgIpc) is 1.53. The van der Waals surface area contributed by atoms with E-state index < -0.39 is 23.1 Å². The topological polar surface area (TPSA) is 321 Å². The van der Waals surface area contributed by atoms with Crippen LogP contribution in [-0.2, 0) is 37.8 Å². The number of amides is 8. The summed E-state index contributed by atoms with van der Waals surface area (Å²) in [5, 5.41) is 36.0. The smallest absolute Gasteiger partial charge is 0.388 e. The highest BCUT2D eigenvalue weighted by Gasteiger charge is 2.60. The van der Waals surface area contributed by atoms with Crippen molar-refractivity contribution < 1.29 is 46.9 Å². The molecule has 8 amide bonds. The number of hydrogen-bond donors (Lipinski definition) is 3. The Kier molecular flexibility index (Phi) is 29.4. The average molecular weight is 1840 g/mol. The molecule has 5 saturated heterocycles. The zero-order valence-corrected chi connectivity index (χ0v) is 79.1. The number of carbonyl (C=O) groups is 4. The van der Waals surface area contributed by atoms with Gasteiger partial charge in [0, 0.05) is 88.9 Å². The first-order chi connectivity index (χ1) is 64.4. The van der Waals surface area contributed by atoms with Crippen molar-refractivity contribution in [3.8, 4) is 12.1 Å². The lowest BCUT2D eigenvalue weighted by atomic mass is 9.67. The number of methoxy groups -OCH3 is 2. The van der Waals surface area contributed by atoms with Gasteiger partial charge in [0.1, 0.15) is 12.1 Å². The molecule has 712 valence electrons. The molecule has 3 N–H and O–H groups in total. The monoisotopic (exact) mass is 1840 g/mol. The van der Waals surface area contributed by atoms with Gasteiger partial charge in [0.15, 0.2) is 0 Å². The van der Waals surface area contributed by atoms with Crippen molar-refractivity contribution >= 4 is 53.3 Å². The van der Waals surface area contributed by atoms with E-state index in [9.17, 15) is 37.5 Å². The number of anilines is 5. The van der Waals surface area contributed by atoms with E-state index in [1.54, 1.807) is 41.3 Å². The van der Waals surface area contributed by atoms with Crippen LogP contribution in [0.2, 0.25) is 0 Å². The van der Waals surface area contributed by atoms with Gasteiger partial charge in [0.25, 0.3) is 0 Å². The molecule has 5 aliphatic heterocycles. The highest BCUT2D eigenvalue weighted by Crippen LogP contribution is 2.54. The van der Waals surface area contributed by atoms with Crippen LogP contribution in [0.3, 0.4) is 0 Å². The Morgan fingerprint density at radius 3 is 1.18 bits per heavy atom. The third-order valence-electron chi connectivity index (χ3n) is 31.1. The van der Waals surface area contributed by atoms with E-state index in [-0.39, 0.29) is 75.1 Å². The number of nitrogens with one attached hydrogen (secondary N) is 2. The van der Waals surface area contributed by atoms with E-state index >= 15 is 0 Å². The van der Waals surface area contributed by atoms with Crippen LogP contribution in [0.1, 0.15) is 174 Å². The van der Waals surface area contributed by atoms with E-state index in [0.29, 0.717) is 101 Å². The molecular weight excluding hydrogens is 1710 g/mol. The summed E-state index contributed by atoms with van der Waals surface area (Å²) in [6.07, 6.45) is 25.0. The largest absolute Gasteiger partial charge is 0.451 e. The summed E-state index contributed by atoms with van der Waals surface area (Å²) in [5.41, 5.74) is 4.50. The number of ether oxygens (including phenoxy) is 2. The fourth-order valence-electron chi connectivity index (χ4n) is 22.5. The molecule has 134 heavy (non-hydrogen) atoms. The van der Waals surface area contributed by atoms with Gasteiger partial charge >= 0.3 is 30.3 Å². The van der Waals surface area contributed by atoms with Crippen molar-refractivity contribution in [2.24, 2.45) is 0 Å². The molecule has 5 saturated carbocycles. The molecule has 10 fully saturated rings. The first-order valence-electron chi connectivity index (χ1n) is 47.0. The summed E-state index contributed by atoms with van der Waals surface area (Å²) < 4.78 is 49.5. The van der Waals surface area contributed by atoms with Gasteiger partial charge in [-0.2, -0.15) is 23.7 Å². The third-order valence-corrected chi connectivity index (χ3v) is 31.1. The highest BCUT2D eigenvalue weighted by atomic mass is 19.4. The number of β-amino-alcohol motifs (C(OH)–C–C–N with tert-alkyl or cyclic N) is 1. The number of nitrogens with zero attached hydrogens (tertiary/aromatic N) is 22. The number of benzene rings is 4. The van der Waals surface area contributed by atoms with E-state index in [0.717, 1.165) is 159 Å². The first-order valence-corrected chi connectivity index (χ1v) is 47.0. The summed E-state index contributed by atoms with van der Waals surface area (Å²) in [5.74, 6) is 0.234. The number of aromatic nitrogens is 8. The van der Waals surface area contributed by atoms with Gasteiger partial charge in [-0.05, 0) is 213 Å². The summed E-state index contributed by atoms with van der Waals surface area (Å²) >= 11 is 0. The number of likely N-dealkylation sites (N-methyl/N-ethyl adjacent to an activating group) is 1. The molecule has 5 aliphatic carbocycles. The fraction of sp³-hybridized carbons (Fsp3) is 0.540. The Balaban J connectivity index is 0.000000136. The zero-order valence-electron chi connectivity index (χ0n) is 79.1. The van der Waals surface area contributed by atoms with Crippen LogP contribution >= 0.6 is 0 Å². The Hall–Kier alpha value is -11.5. The van der Waals surface area contributed by atoms with Crippen LogP contribution in [0.15, 0.2) is 171 Å². The number of hydrogen-bond acceptors (Lipinski definition) is 23. The lowest BCUT2D eigenvalue weighted by Crippen LogP contribution is -2.59. The number of rotatable bonds is 23. The van der Waals surface area contributed by atoms with E-state index in [1.165, 1.54) is 51.9 Å². The number of aliphatic hydroxyl groups is 1. The normalized spacial score (nSPS) is 26.8. The van der Waals surface area contributed by atoms with Crippen molar-refractivity contribution in [3.63, 3.8) is 0 Å². The number of nitriles is 2. The lowest BCUT2D eigenvalue weighted by molar-refractivity contribution is -0.145. The van der Waals surface area contributed by atoms with Crippen LogP contribution < -0.4 is 35.1 Å². The molecule has 18 rings (SSSR count). The van der Waals surface area contributed by atoms with Crippen LogP contribution in [0.5, 0.6) is 0 Å². The van der Waals surface area contributed by atoms with Gasteiger partial charge in [-0.3, -0.25) is 34.3 Å². The van der Waals surface area contributed by atoms with Crippen molar-refractivity contribution in [1.82, 2.24) is 84.8 Å². The Bertz CT molecular complexity index is 5350. The van der Waals surface area contributed by atoms with Crippen LogP contribution in [0, 0.1) is 22.7 Å². The molecule has 0 atom stereocenters. The Labute approximate surface area is 785 Å². The molecule has 34 heteroatoms. The summed E-state index contributed by atoms with van der Waals surface area (Å²) in [7, 11) is 20.3. The van der Waals surface area contributed by atoms with Gasteiger partial charge < -0.3 is 49.7 Å². The minimum atomic E-state index is -4.65. The van der Waals surface area contributed by atoms with E-state index in [2.05, 4.69) is 221 Å². The SMILES string of the molecule is CN(C)C1(c2ccccc2)CCC2(CC1)CN(c1cnc(C(F)(F)F)nc1)C(=O)N2CC1(O)CCC1.CN1CCN(c2ncc(N3CC4(CCC(c5ccccc5)(N(C)C)CC4)NC3=O)cn2)CC1.CNC1(c2ccccc2)CCC2(CC1)CN(c1ncc(C#N)cn1)C(=O)N2CCCOC.COCCCN1C(=O)N(c2ncc(C#N)cn2)CC12CCC(c1ccccc1)(N(C)C)CC2. The number of piperazine rings is 1. The second kappa shape index (κ2) is 40.6. The van der Waals surface area contributed by atoms with Crippen LogP contribution in [0.25, 0.3) is 0 Å². The van der Waals surface area contributed by atoms with Crippen LogP contribution in [-0.4, -0.2) is 287 Å². The van der Waals surface area contributed by atoms with Crippen molar-refractivity contribution in [3.05, 3.63) is 210 Å².